The number of aliphatic imine (C=N–C) groups is 1. The summed E-state index contributed by atoms with van der Waals surface area (Å²) in [4.78, 5) is 19.2. The molecule has 1 aliphatic rings. The first-order valence-electron chi connectivity index (χ1n) is 8.82. The van der Waals surface area contributed by atoms with E-state index in [4.69, 9.17) is 5.14 Å². The molecule has 0 saturated carbocycles. The zero-order valence-electron chi connectivity index (χ0n) is 15.3. The van der Waals surface area contributed by atoms with Gasteiger partial charge in [-0.3, -0.25) is 9.69 Å². The molecule has 0 spiro atoms. The first-order chi connectivity index (χ1) is 13.9. The van der Waals surface area contributed by atoms with Crippen LogP contribution in [0.15, 0.2) is 101 Å². The second kappa shape index (κ2) is 7.46. The van der Waals surface area contributed by atoms with Gasteiger partial charge >= 0.3 is 0 Å². The molecular weight excluding hydrogens is 386 g/mol. The van der Waals surface area contributed by atoms with Crippen LogP contribution in [0.4, 0.5) is 5.69 Å². The van der Waals surface area contributed by atoms with Gasteiger partial charge in [0.25, 0.3) is 5.91 Å². The SMILES string of the molecule is NS(=O)(=O)c1ccc(N2C(=O)/C(=C/c3ccccc3)N=C2c2ccccc2)cc1. The molecule has 29 heavy (non-hydrogen) atoms. The lowest BCUT2D eigenvalue weighted by atomic mass is 10.1. The van der Waals surface area contributed by atoms with Gasteiger partial charge in [-0.1, -0.05) is 60.7 Å². The van der Waals surface area contributed by atoms with Crippen LogP contribution in [0.1, 0.15) is 11.1 Å². The molecule has 2 N–H and O–H groups in total. The van der Waals surface area contributed by atoms with Gasteiger partial charge in [0.2, 0.25) is 10.0 Å². The molecule has 4 rings (SSSR count). The zero-order valence-corrected chi connectivity index (χ0v) is 16.1. The number of nitrogens with zero attached hydrogens (tertiary/aromatic N) is 2. The molecule has 0 aliphatic carbocycles. The van der Waals surface area contributed by atoms with E-state index in [2.05, 4.69) is 4.99 Å². The van der Waals surface area contributed by atoms with Crippen molar-refractivity contribution >= 4 is 33.5 Å². The molecule has 1 heterocycles. The Morgan fingerprint density at radius 2 is 1.41 bits per heavy atom. The fourth-order valence-corrected chi connectivity index (χ4v) is 3.54. The summed E-state index contributed by atoms with van der Waals surface area (Å²) in [5, 5.41) is 5.17. The van der Waals surface area contributed by atoms with Crippen LogP contribution in [0.5, 0.6) is 0 Å². The molecule has 3 aromatic carbocycles. The predicted molar refractivity (Wildman–Crippen MR) is 113 cm³/mol. The fourth-order valence-electron chi connectivity index (χ4n) is 3.03. The number of hydrogen-bond donors (Lipinski definition) is 1. The van der Waals surface area contributed by atoms with Crippen LogP contribution in [0.2, 0.25) is 0 Å². The first kappa shape index (κ1) is 18.8. The Hall–Kier alpha value is -3.55. The van der Waals surface area contributed by atoms with Crippen molar-refractivity contribution in [1.82, 2.24) is 0 Å². The number of amidine groups is 1. The first-order valence-corrected chi connectivity index (χ1v) is 10.4. The maximum Gasteiger partial charge on any atom is 0.282 e. The predicted octanol–water partition coefficient (Wildman–Crippen LogP) is 3.17. The van der Waals surface area contributed by atoms with E-state index in [1.54, 1.807) is 18.2 Å². The van der Waals surface area contributed by atoms with E-state index in [0.717, 1.165) is 11.1 Å². The quantitative estimate of drug-likeness (QED) is 0.678. The summed E-state index contributed by atoms with van der Waals surface area (Å²) in [5.74, 6) is 0.178. The van der Waals surface area contributed by atoms with Crippen molar-refractivity contribution < 1.29 is 13.2 Å². The minimum Gasteiger partial charge on any atom is -0.266 e. The summed E-state index contributed by atoms with van der Waals surface area (Å²) < 4.78 is 23.1. The number of nitrogens with two attached hydrogens (primary N) is 1. The van der Waals surface area contributed by atoms with Crippen LogP contribution in [-0.2, 0) is 14.8 Å². The Kier molecular flexibility index (Phi) is 4.84. The molecular formula is C22H17N3O3S. The van der Waals surface area contributed by atoms with E-state index in [1.165, 1.54) is 17.0 Å². The average molecular weight is 403 g/mol. The lowest BCUT2D eigenvalue weighted by Crippen LogP contribution is -2.32. The second-order valence-electron chi connectivity index (χ2n) is 6.42. The number of rotatable bonds is 4. The Morgan fingerprint density at radius 3 is 2.00 bits per heavy atom. The third kappa shape index (κ3) is 3.87. The fraction of sp³-hybridized carbons (Fsp3) is 0. The second-order valence-corrected chi connectivity index (χ2v) is 7.98. The van der Waals surface area contributed by atoms with Gasteiger partial charge in [-0.25, -0.2) is 18.5 Å². The number of primary sulfonamides is 1. The Bertz CT molecular complexity index is 1220. The third-order valence-corrected chi connectivity index (χ3v) is 5.35. The summed E-state index contributed by atoms with van der Waals surface area (Å²) >= 11 is 0. The molecule has 7 heteroatoms. The largest absolute Gasteiger partial charge is 0.282 e. The molecule has 1 aliphatic heterocycles. The smallest absolute Gasteiger partial charge is 0.266 e. The van der Waals surface area contributed by atoms with Crippen LogP contribution in [-0.4, -0.2) is 20.2 Å². The van der Waals surface area contributed by atoms with Crippen molar-refractivity contribution in [1.29, 1.82) is 0 Å². The summed E-state index contributed by atoms with van der Waals surface area (Å²) in [6.45, 7) is 0. The summed E-state index contributed by atoms with van der Waals surface area (Å²) in [6.07, 6.45) is 1.73. The lowest BCUT2D eigenvalue weighted by Gasteiger charge is -2.18. The number of anilines is 1. The molecule has 0 fully saturated rings. The molecule has 0 radical (unpaired) electrons. The normalized spacial score (nSPS) is 15.6. The van der Waals surface area contributed by atoms with Gasteiger partial charge in [-0.2, -0.15) is 0 Å². The zero-order chi connectivity index (χ0) is 20.4. The topological polar surface area (TPSA) is 92.8 Å². The highest BCUT2D eigenvalue weighted by atomic mass is 32.2. The molecule has 0 atom stereocenters. The summed E-state index contributed by atoms with van der Waals surface area (Å²) in [5.41, 5.74) is 2.43. The molecule has 144 valence electrons. The van der Waals surface area contributed by atoms with Crippen LogP contribution in [0.3, 0.4) is 0 Å². The number of amides is 1. The van der Waals surface area contributed by atoms with Crippen molar-refractivity contribution in [3.63, 3.8) is 0 Å². The summed E-state index contributed by atoms with van der Waals surface area (Å²) in [6, 6.07) is 24.6. The number of hydrogen-bond acceptors (Lipinski definition) is 4. The monoisotopic (exact) mass is 403 g/mol. The van der Waals surface area contributed by atoms with Crippen molar-refractivity contribution in [2.24, 2.45) is 10.1 Å². The molecule has 0 unspecified atom stereocenters. The third-order valence-electron chi connectivity index (χ3n) is 4.42. The Morgan fingerprint density at radius 1 is 0.828 bits per heavy atom. The molecule has 6 nitrogen and oxygen atoms in total. The highest BCUT2D eigenvalue weighted by molar-refractivity contribution is 7.89. The van der Waals surface area contributed by atoms with Crippen LogP contribution in [0.25, 0.3) is 6.08 Å². The van der Waals surface area contributed by atoms with E-state index in [0.29, 0.717) is 17.2 Å². The number of benzene rings is 3. The van der Waals surface area contributed by atoms with Gasteiger partial charge in [0.05, 0.1) is 10.6 Å². The minimum absolute atomic E-state index is 0.0221. The number of carbonyl (C=O) groups excluding carboxylic acids is 1. The molecule has 0 saturated heterocycles. The maximum absolute atomic E-state index is 13.2. The molecule has 0 aromatic heterocycles. The van der Waals surface area contributed by atoms with E-state index < -0.39 is 10.0 Å². The van der Waals surface area contributed by atoms with Gasteiger partial charge < -0.3 is 0 Å². The van der Waals surface area contributed by atoms with E-state index in [-0.39, 0.29) is 10.8 Å². The van der Waals surface area contributed by atoms with Crippen LogP contribution in [0, 0.1) is 0 Å². The van der Waals surface area contributed by atoms with Gasteiger partial charge in [-0.15, -0.1) is 0 Å². The standard InChI is InChI=1S/C22H17N3O3S/c23-29(27,28)19-13-11-18(12-14-19)25-21(17-9-5-2-6-10-17)24-20(22(25)26)15-16-7-3-1-4-8-16/h1-15H,(H2,23,27,28)/b20-15-. The highest BCUT2D eigenvalue weighted by Gasteiger charge is 2.32. The lowest BCUT2D eigenvalue weighted by molar-refractivity contribution is -0.113. The van der Waals surface area contributed by atoms with Gasteiger partial charge in [0, 0.05) is 5.56 Å². The molecule has 1 amide bonds. The molecule has 3 aromatic rings. The average Bonchev–Trinajstić information content (AvgIpc) is 3.05. The maximum atomic E-state index is 13.2. The van der Waals surface area contributed by atoms with Crippen molar-refractivity contribution in [2.75, 3.05) is 4.90 Å². The van der Waals surface area contributed by atoms with Gasteiger partial charge in [0.1, 0.15) is 11.5 Å². The Balaban J connectivity index is 1.80. The van der Waals surface area contributed by atoms with E-state index in [9.17, 15) is 13.2 Å². The summed E-state index contributed by atoms with van der Waals surface area (Å²) in [7, 11) is -3.82. The number of carbonyl (C=O) groups is 1. The van der Waals surface area contributed by atoms with Gasteiger partial charge in [-0.05, 0) is 35.9 Å². The van der Waals surface area contributed by atoms with Gasteiger partial charge in [0.15, 0.2) is 0 Å². The highest BCUT2D eigenvalue weighted by Crippen LogP contribution is 2.28. The van der Waals surface area contributed by atoms with E-state index >= 15 is 0 Å². The Labute approximate surface area is 168 Å². The van der Waals surface area contributed by atoms with E-state index in [1.807, 2.05) is 60.7 Å². The van der Waals surface area contributed by atoms with Crippen molar-refractivity contribution in [2.45, 2.75) is 4.90 Å². The van der Waals surface area contributed by atoms with Crippen molar-refractivity contribution in [3.05, 3.63) is 102 Å². The van der Waals surface area contributed by atoms with Crippen LogP contribution < -0.4 is 10.0 Å². The molecule has 0 bridgehead atoms. The van der Waals surface area contributed by atoms with Crippen molar-refractivity contribution in [3.8, 4) is 0 Å². The number of sulfonamides is 1. The minimum atomic E-state index is -3.82. The van der Waals surface area contributed by atoms with Crippen LogP contribution >= 0.6 is 0 Å².